The molecular weight excluding hydrogens is 475 g/mol. The summed E-state index contributed by atoms with van der Waals surface area (Å²) in [7, 11) is 0. The van der Waals surface area contributed by atoms with Crippen molar-refractivity contribution < 1.29 is 5.11 Å². The number of hydrogen-bond donors (Lipinski definition) is 3. The van der Waals surface area contributed by atoms with Gasteiger partial charge in [0.25, 0.3) is 0 Å². The number of aliphatic hydroxyl groups excluding tert-OH is 1. The molecule has 1 aliphatic rings. The molecule has 1 atom stereocenters. The van der Waals surface area contributed by atoms with Crippen molar-refractivity contribution >= 4 is 35.6 Å². The maximum absolute atomic E-state index is 9.29. The van der Waals surface area contributed by atoms with E-state index in [9.17, 15) is 5.11 Å². The van der Waals surface area contributed by atoms with E-state index in [-0.39, 0.29) is 24.0 Å². The highest BCUT2D eigenvalue weighted by molar-refractivity contribution is 14.0. The molecule has 1 aliphatic heterocycles. The van der Waals surface area contributed by atoms with Gasteiger partial charge in [-0.1, -0.05) is 26.0 Å². The molecule has 1 saturated heterocycles. The maximum Gasteiger partial charge on any atom is 0.191 e. The lowest BCUT2D eigenvalue weighted by atomic mass is 9.97. The van der Waals surface area contributed by atoms with Gasteiger partial charge in [0.1, 0.15) is 0 Å². The first kappa shape index (κ1) is 26.0. The van der Waals surface area contributed by atoms with E-state index in [2.05, 4.69) is 67.5 Å². The summed E-state index contributed by atoms with van der Waals surface area (Å²) in [5.41, 5.74) is 2.50. The third-order valence-corrected chi connectivity index (χ3v) is 5.50. The van der Waals surface area contributed by atoms with Gasteiger partial charge < -0.3 is 20.6 Å². The fraction of sp³-hybridized carbons (Fsp3) is 0.696. The second kappa shape index (κ2) is 14.1. The molecule has 0 saturated carbocycles. The van der Waals surface area contributed by atoms with Crippen LogP contribution in [0.15, 0.2) is 29.3 Å². The molecular formula is C23H41IN4O. The molecule has 0 spiro atoms. The fourth-order valence-electron chi connectivity index (χ4n) is 3.57. The van der Waals surface area contributed by atoms with E-state index >= 15 is 0 Å². The highest BCUT2D eigenvalue weighted by Crippen LogP contribution is 2.23. The van der Waals surface area contributed by atoms with Crippen LogP contribution in [0.25, 0.3) is 0 Å². The van der Waals surface area contributed by atoms with Crippen molar-refractivity contribution in [3.8, 4) is 0 Å². The zero-order chi connectivity index (χ0) is 20.4. The monoisotopic (exact) mass is 516 g/mol. The predicted molar refractivity (Wildman–Crippen MR) is 135 cm³/mol. The van der Waals surface area contributed by atoms with Crippen molar-refractivity contribution in [2.75, 3.05) is 31.1 Å². The zero-order valence-electron chi connectivity index (χ0n) is 18.7. The summed E-state index contributed by atoms with van der Waals surface area (Å²) in [5.74, 6) is 2.11. The molecule has 1 fully saturated rings. The number of halogens is 1. The van der Waals surface area contributed by atoms with Gasteiger partial charge in [0.2, 0.25) is 0 Å². The first-order valence-corrected chi connectivity index (χ1v) is 11.0. The number of rotatable bonds is 9. The predicted octanol–water partition coefficient (Wildman–Crippen LogP) is 4.39. The summed E-state index contributed by atoms with van der Waals surface area (Å²) in [6, 6.07) is 9.20. The normalized spacial score (nSPS) is 16.5. The average molecular weight is 517 g/mol. The molecule has 1 aromatic rings. The van der Waals surface area contributed by atoms with Gasteiger partial charge >= 0.3 is 0 Å². The van der Waals surface area contributed by atoms with Crippen molar-refractivity contribution in [1.82, 2.24) is 10.6 Å². The van der Waals surface area contributed by atoms with Crippen LogP contribution in [0.2, 0.25) is 0 Å². The lowest BCUT2D eigenvalue weighted by Crippen LogP contribution is -2.42. The molecule has 3 N–H and O–H groups in total. The Morgan fingerprint density at radius 1 is 1.14 bits per heavy atom. The summed E-state index contributed by atoms with van der Waals surface area (Å²) in [6.07, 6.45) is 4.54. The quantitative estimate of drug-likeness (QED) is 0.259. The standard InChI is InChI=1S/C23H40N4O.HI/c1-5-24-23(26-19(4)7-6-18(2)3)25-16-20-8-10-22(11-9-20)27-14-12-21(17-28)13-15-27;/h8-11,18-19,21,28H,5-7,12-17H2,1-4H3,(H2,24,25,26);1H. The van der Waals surface area contributed by atoms with Crippen LogP contribution in [0.3, 0.4) is 0 Å². The Hall–Kier alpha value is -1.02. The van der Waals surface area contributed by atoms with E-state index in [0.29, 0.717) is 25.1 Å². The van der Waals surface area contributed by atoms with Gasteiger partial charge in [-0.15, -0.1) is 24.0 Å². The number of piperidine rings is 1. The minimum Gasteiger partial charge on any atom is -0.396 e. The molecule has 0 amide bonds. The van der Waals surface area contributed by atoms with E-state index < -0.39 is 0 Å². The first-order valence-electron chi connectivity index (χ1n) is 11.0. The molecule has 1 heterocycles. The van der Waals surface area contributed by atoms with Crippen molar-refractivity contribution in [2.45, 2.75) is 66.0 Å². The molecule has 5 nitrogen and oxygen atoms in total. The minimum absolute atomic E-state index is 0. The summed E-state index contributed by atoms with van der Waals surface area (Å²) in [5, 5.41) is 16.2. The Morgan fingerprint density at radius 3 is 2.34 bits per heavy atom. The van der Waals surface area contributed by atoms with Gasteiger partial charge in [0.15, 0.2) is 5.96 Å². The topological polar surface area (TPSA) is 59.9 Å². The number of guanidine groups is 1. The Bertz CT molecular complexity index is 583. The van der Waals surface area contributed by atoms with Crippen LogP contribution in [0.4, 0.5) is 5.69 Å². The maximum atomic E-state index is 9.29. The Balaban J connectivity index is 0.00000420. The van der Waals surface area contributed by atoms with E-state index in [0.717, 1.165) is 50.8 Å². The van der Waals surface area contributed by atoms with Crippen molar-refractivity contribution in [3.05, 3.63) is 29.8 Å². The highest BCUT2D eigenvalue weighted by atomic mass is 127. The molecule has 1 unspecified atom stereocenters. The Morgan fingerprint density at radius 2 is 1.79 bits per heavy atom. The smallest absolute Gasteiger partial charge is 0.191 e. The number of nitrogens with one attached hydrogen (secondary N) is 2. The van der Waals surface area contributed by atoms with Crippen LogP contribution in [-0.4, -0.2) is 43.3 Å². The fourth-order valence-corrected chi connectivity index (χ4v) is 3.57. The molecule has 0 bridgehead atoms. The van der Waals surface area contributed by atoms with Crippen LogP contribution in [0, 0.1) is 11.8 Å². The number of aliphatic hydroxyl groups is 1. The van der Waals surface area contributed by atoms with E-state index in [1.54, 1.807) is 0 Å². The van der Waals surface area contributed by atoms with Crippen LogP contribution in [0.1, 0.15) is 58.9 Å². The zero-order valence-corrected chi connectivity index (χ0v) is 21.0. The number of aliphatic imine (C=N–C) groups is 1. The molecule has 2 rings (SSSR count). The number of hydrogen-bond acceptors (Lipinski definition) is 3. The van der Waals surface area contributed by atoms with Gasteiger partial charge in [0.05, 0.1) is 6.54 Å². The van der Waals surface area contributed by atoms with Crippen LogP contribution < -0.4 is 15.5 Å². The second-order valence-electron chi connectivity index (χ2n) is 8.49. The van der Waals surface area contributed by atoms with Gasteiger partial charge in [-0.05, 0) is 69.1 Å². The van der Waals surface area contributed by atoms with Crippen LogP contribution in [-0.2, 0) is 6.54 Å². The first-order chi connectivity index (χ1) is 13.5. The largest absolute Gasteiger partial charge is 0.396 e. The van der Waals surface area contributed by atoms with Crippen LogP contribution >= 0.6 is 24.0 Å². The Kier molecular flexibility index (Phi) is 12.6. The number of benzene rings is 1. The van der Waals surface area contributed by atoms with Gasteiger partial charge in [-0.25, -0.2) is 4.99 Å². The SMILES string of the molecule is CCNC(=NCc1ccc(N2CCC(CO)CC2)cc1)NC(C)CCC(C)C.I. The average Bonchev–Trinajstić information content (AvgIpc) is 2.71. The van der Waals surface area contributed by atoms with E-state index in [1.165, 1.54) is 17.7 Å². The summed E-state index contributed by atoms with van der Waals surface area (Å²) in [6.45, 7) is 12.8. The molecule has 0 aromatic heterocycles. The minimum atomic E-state index is 0. The van der Waals surface area contributed by atoms with Crippen molar-refractivity contribution in [1.29, 1.82) is 0 Å². The third-order valence-electron chi connectivity index (χ3n) is 5.50. The lowest BCUT2D eigenvalue weighted by molar-refractivity contribution is 0.203. The number of nitrogens with zero attached hydrogens (tertiary/aromatic N) is 2. The molecule has 6 heteroatoms. The van der Waals surface area contributed by atoms with Crippen LogP contribution in [0.5, 0.6) is 0 Å². The second-order valence-corrected chi connectivity index (χ2v) is 8.49. The lowest BCUT2D eigenvalue weighted by Gasteiger charge is -2.32. The summed E-state index contributed by atoms with van der Waals surface area (Å²) in [4.78, 5) is 7.18. The molecule has 166 valence electrons. The molecule has 0 aliphatic carbocycles. The van der Waals surface area contributed by atoms with Gasteiger partial charge in [0, 0.05) is 38.0 Å². The van der Waals surface area contributed by atoms with Gasteiger partial charge in [-0.3, -0.25) is 0 Å². The molecule has 0 radical (unpaired) electrons. The summed E-state index contributed by atoms with van der Waals surface area (Å²) < 4.78 is 0. The summed E-state index contributed by atoms with van der Waals surface area (Å²) >= 11 is 0. The molecule has 29 heavy (non-hydrogen) atoms. The van der Waals surface area contributed by atoms with Gasteiger partial charge in [-0.2, -0.15) is 0 Å². The van der Waals surface area contributed by atoms with Crippen molar-refractivity contribution in [3.63, 3.8) is 0 Å². The molecule has 1 aromatic carbocycles. The Labute approximate surface area is 194 Å². The number of anilines is 1. The third kappa shape index (κ3) is 9.55. The highest BCUT2D eigenvalue weighted by Gasteiger charge is 2.18. The van der Waals surface area contributed by atoms with Crippen molar-refractivity contribution in [2.24, 2.45) is 16.8 Å². The van der Waals surface area contributed by atoms with E-state index in [1.807, 2.05) is 0 Å². The van der Waals surface area contributed by atoms with E-state index in [4.69, 9.17) is 4.99 Å².